The first-order chi connectivity index (χ1) is 38.7. The number of fused-ring (bicyclic) bond motifs is 8. The van der Waals surface area contributed by atoms with E-state index in [1.807, 2.05) is 111 Å². The number of nitrogens with zero attached hydrogens (tertiary/aromatic N) is 4. The largest absolute Gasteiger partial charge is 0.493 e. The molecule has 1 unspecified atom stereocenters. The molecule has 81 heavy (non-hydrogen) atoms. The SMILES string of the molecule is CCC(=O)CCC(C)SSC(C)(C)CCC(=O)N[C@@H](C)C(=O)C[C@@H](C)C(=O)Nc1cc(COc2cc3c(cc2C)C(=O)N2c4ccccc4C[C@H]2CN3C)cc(COc2cc3c(cc2OC)C(=O)N2c4ccccc4C[C@H]2CN3C)c1. The van der Waals surface area contributed by atoms with E-state index < -0.39 is 12.0 Å². The summed E-state index contributed by atoms with van der Waals surface area (Å²) in [6, 6.07) is 28.3. The van der Waals surface area contributed by atoms with Crippen molar-refractivity contribution in [1.29, 1.82) is 0 Å². The van der Waals surface area contributed by atoms with Crippen molar-refractivity contribution in [1.82, 2.24) is 5.32 Å². The zero-order chi connectivity index (χ0) is 57.9. The molecule has 4 aliphatic heterocycles. The Bertz CT molecular complexity index is 3240. The molecule has 0 fully saturated rings. The molecule has 2 N–H and O–H groups in total. The second-order valence-corrected chi connectivity index (χ2v) is 26.2. The number of likely N-dealkylation sites (N-methyl/N-ethyl adjacent to an activating group) is 2. The number of ketones is 2. The molecule has 428 valence electrons. The minimum Gasteiger partial charge on any atom is -0.493 e. The monoisotopic (exact) mass is 1140 g/mol. The second-order valence-electron chi connectivity index (χ2n) is 22.9. The minimum absolute atomic E-state index is 0.00169. The van der Waals surface area contributed by atoms with E-state index in [4.69, 9.17) is 14.2 Å². The molecule has 0 saturated heterocycles. The van der Waals surface area contributed by atoms with E-state index in [0.29, 0.717) is 77.2 Å². The number of carbonyl (C=O) groups is 6. The molecule has 17 heteroatoms. The maximum absolute atomic E-state index is 14.3. The van der Waals surface area contributed by atoms with E-state index >= 15 is 0 Å². The van der Waals surface area contributed by atoms with Crippen LogP contribution >= 0.6 is 21.6 Å². The van der Waals surface area contributed by atoms with Gasteiger partial charge in [0.15, 0.2) is 17.3 Å². The van der Waals surface area contributed by atoms with Gasteiger partial charge < -0.3 is 44.4 Å². The molecule has 0 aliphatic carbocycles. The van der Waals surface area contributed by atoms with Crippen LogP contribution in [-0.4, -0.2) is 97.6 Å². The summed E-state index contributed by atoms with van der Waals surface area (Å²) in [5, 5.41) is 6.20. The van der Waals surface area contributed by atoms with Crippen LogP contribution in [0.2, 0.25) is 0 Å². The number of para-hydroxylation sites is 2. The van der Waals surface area contributed by atoms with Gasteiger partial charge in [-0.1, -0.05) is 78.8 Å². The van der Waals surface area contributed by atoms with Crippen molar-refractivity contribution in [2.75, 3.05) is 59.2 Å². The van der Waals surface area contributed by atoms with E-state index in [1.165, 1.54) is 5.56 Å². The van der Waals surface area contributed by atoms with Gasteiger partial charge in [0, 0.05) is 98.0 Å². The second kappa shape index (κ2) is 25.0. The van der Waals surface area contributed by atoms with Crippen LogP contribution in [0.5, 0.6) is 17.2 Å². The molecule has 0 radical (unpaired) electrons. The molecule has 5 aromatic carbocycles. The summed E-state index contributed by atoms with van der Waals surface area (Å²) in [6.07, 6.45) is 4.23. The first kappa shape index (κ1) is 58.7. The van der Waals surface area contributed by atoms with E-state index in [2.05, 4.69) is 53.3 Å². The van der Waals surface area contributed by atoms with Gasteiger partial charge in [-0.05, 0) is 124 Å². The fourth-order valence-electron chi connectivity index (χ4n) is 11.3. The standard InChI is InChI=1S/C64H76N6O9S2/c1-11-49(71)21-20-40(4)80-81-64(6,7)23-22-60(73)65-41(5)56(72)25-39(3)61(74)66-46-27-42(36-78-57-32-54-50(24-38(57)2)62(75)69-47(34-67(54)8)29-44-16-12-14-18-52(44)69)26-43(28-46)37-79-59-33-55-51(31-58(59)77-10)63(76)70-48(35-68(55)9)30-45-17-13-15-19-53(45)70/h12-19,24,26-28,31-33,39-41,47-48H,11,20-23,25,29-30,34-37H2,1-10H3,(H,65,73)(H,66,74)/t39-,40?,41+,47+,48+/m1/s1. The number of Topliss-reactive ketones (excluding diaryl/α,β-unsaturated/α-hetero) is 2. The van der Waals surface area contributed by atoms with Crippen molar-refractivity contribution in [2.24, 2.45) is 5.92 Å². The van der Waals surface area contributed by atoms with Crippen molar-refractivity contribution in [3.8, 4) is 17.2 Å². The lowest BCUT2D eigenvalue weighted by atomic mass is 9.99. The first-order valence-corrected chi connectivity index (χ1v) is 30.4. The summed E-state index contributed by atoms with van der Waals surface area (Å²) in [7, 11) is 8.98. The number of ether oxygens (including phenoxy) is 3. The maximum Gasteiger partial charge on any atom is 0.260 e. The van der Waals surface area contributed by atoms with Gasteiger partial charge in [0.05, 0.1) is 47.7 Å². The molecule has 4 aliphatic rings. The highest BCUT2D eigenvalue weighted by molar-refractivity contribution is 8.77. The highest BCUT2D eigenvalue weighted by atomic mass is 33.1. The molecule has 0 aromatic heterocycles. The molecule has 4 heterocycles. The number of benzene rings is 5. The number of hydrogen-bond donors (Lipinski definition) is 2. The van der Waals surface area contributed by atoms with Gasteiger partial charge in [0.1, 0.15) is 24.7 Å². The Balaban J connectivity index is 0.898. The highest BCUT2D eigenvalue weighted by Gasteiger charge is 2.41. The first-order valence-electron chi connectivity index (χ1n) is 28.2. The summed E-state index contributed by atoms with van der Waals surface area (Å²) in [4.78, 5) is 89.2. The third-order valence-electron chi connectivity index (χ3n) is 15.9. The fourth-order valence-corrected chi connectivity index (χ4v) is 13.9. The highest BCUT2D eigenvalue weighted by Crippen LogP contribution is 2.45. The van der Waals surface area contributed by atoms with Crippen LogP contribution in [0.1, 0.15) is 129 Å². The Morgan fingerprint density at radius 3 is 1.85 bits per heavy atom. The summed E-state index contributed by atoms with van der Waals surface area (Å²) >= 11 is 0. The number of rotatable bonds is 23. The van der Waals surface area contributed by atoms with Crippen molar-refractivity contribution < 1.29 is 43.0 Å². The van der Waals surface area contributed by atoms with Crippen LogP contribution in [0.4, 0.5) is 28.4 Å². The number of amides is 4. The lowest BCUT2D eigenvalue weighted by Gasteiger charge is -2.25. The Hall–Kier alpha value is -6.98. The fraction of sp³-hybridized carbons (Fsp3) is 0.438. The molecular formula is C64H76N6O9S2. The summed E-state index contributed by atoms with van der Waals surface area (Å²) in [6.45, 7) is 14.9. The molecule has 5 atom stereocenters. The zero-order valence-electron chi connectivity index (χ0n) is 48.3. The topological polar surface area (TPSA) is 167 Å². The lowest BCUT2D eigenvalue weighted by Crippen LogP contribution is -2.41. The molecule has 0 bridgehead atoms. The van der Waals surface area contributed by atoms with Crippen molar-refractivity contribution in [3.63, 3.8) is 0 Å². The van der Waals surface area contributed by atoms with Gasteiger partial charge >= 0.3 is 0 Å². The lowest BCUT2D eigenvalue weighted by molar-refractivity contribution is -0.129. The van der Waals surface area contributed by atoms with Crippen LogP contribution in [-0.2, 0) is 45.2 Å². The van der Waals surface area contributed by atoms with Crippen LogP contribution in [0.15, 0.2) is 91.0 Å². The molecule has 4 amide bonds. The molecule has 0 saturated carbocycles. The number of nitrogens with one attached hydrogen (secondary N) is 2. The predicted octanol–water partition coefficient (Wildman–Crippen LogP) is 11.3. The van der Waals surface area contributed by atoms with Crippen molar-refractivity contribution in [2.45, 2.75) is 141 Å². The third-order valence-corrected chi connectivity index (χ3v) is 19.9. The van der Waals surface area contributed by atoms with Gasteiger partial charge in [-0.2, -0.15) is 0 Å². The maximum atomic E-state index is 14.3. The van der Waals surface area contributed by atoms with Gasteiger partial charge in [-0.15, -0.1) is 0 Å². The minimum atomic E-state index is -0.793. The van der Waals surface area contributed by atoms with Crippen LogP contribution in [0, 0.1) is 12.8 Å². The summed E-state index contributed by atoms with van der Waals surface area (Å²) in [5.74, 6) is -0.0440. The van der Waals surface area contributed by atoms with E-state index in [-0.39, 0.29) is 78.1 Å². The zero-order valence-corrected chi connectivity index (χ0v) is 49.9. The van der Waals surface area contributed by atoms with Crippen LogP contribution in [0.25, 0.3) is 0 Å². The quantitative estimate of drug-likeness (QED) is 0.0594. The average molecular weight is 1140 g/mol. The van der Waals surface area contributed by atoms with Gasteiger partial charge in [0.2, 0.25) is 11.8 Å². The van der Waals surface area contributed by atoms with E-state index in [1.54, 1.807) is 48.6 Å². The number of anilines is 5. The number of aryl methyl sites for hydroxylation is 1. The summed E-state index contributed by atoms with van der Waals surface area (Å²) in [5.41, 5.74) is 9.50. The normalized spacial score (nSPS) is 17.3. The van der Waals surface area contributed by atoms with E-state index in [0.717, 1.165) is 58.7 Å². The smallest absolute Gasteiger partial charge is 0.260 e. The summed E-state index contributed by atoms with van der Waals surface area (Å²) < 4.78 is 18.8. The van der Waals surface area contributed by atoms with Crippen LogP contribution < -0.4 is 44.4 Å². The molecule has 9 rings (SSSR count). The van der Waals surface area contributed by atoms with Gasteiger partial charge in [-0.25, -0.2) is 0 Å². The number of hydrogen-bond acceptors (Lipinski definition) is 13. The van der Waals surface area contributed by atoms with E-state index in [9.17, 15) is 28.8 Å². The molecule has 5 aromatic rings. The Labute approximate surface area is 484 Å². The third kappa shape index (κ3) is 13.4. The van der Waals surface area contributed by atoms with Crippen molar-refractivity contribution in [3.05, 3.63) is 130 Å². The Morgan fingerprint density at radius 2 is 1.27 bits per heavy atom. The average Bonchev–Trinajstić information content (AvgIpc) is 4.21. The van der Waals surface area contributed by atoms with Crippen LogP contribution in [0.3, 0.4) is 0 Å². The van der Waals surface area contributed by atoms with Gasteiger partial charge in [0.25, 0.3) is 11.8 Å². The predicted molar refractivity (Wildman–Crippen MR) is 325 cm³/mol. The molecule has 15 nitrogen and oxygen atoms in total. The molecular weight excluding hydrogens is 1060 g/mol. The Morgan fingerprint density at radius 1 is 0.716 bits per heavy atom. The molecule has 0 spiro atoms. The van der Waals surface area contributed by atoms with Crippen molar-refractivity contribution >= 4 is 85.2 Å². The number of carbonyl (C=O) groups excluding carboxylic acids is 6. The van der Waals surface area contributed by atoms with Gasteiger partial charge in [-0.3, -0.25) is 28.8 Å². The Kier molecular flexibility index (Phi) is 18.1. The number of methoxy groups -OCH3 is 1.